The molecule has 1 fully saturated rings. The Labute approximate surface area is 151 Å². The van der Waals surface area contributed by atoms with E-state index >= 15 is 0 Å². The number of amides is 1. The fraction of sp³-hybridized carbons (Fsp3) is 0.200. The van der Waals surface area contributed by atoms with E-state index in [1.165, 1.54) is 0 Å². The molecule has 3 aromatic rings. The SMILES string of the molecule is O=C(/C=C/c1cn(-c2ccccc2)nc1-c1cccs1)N1CCCC1. The van der Waals surface area contributed by atoms with Gasteiger partial charge in [-0.2, -0.15) is 5.10 Å². The highest BCUT2D eigenvalue weighted by atomic mass is 32.1. The summed E-state index contributed by atoms with van der Waals surface area (Å²) >= 11 is 1.65. The highest BCUT2D eigenvalue weighted by molar-refractivity contribution is 7.13. The van der Waals surface area contributed by atoms with Crippen molar-refractivity contribution in [2.75, 3.05) is 13.1 Å². The van der Waals surface area contributed by atoms with E-state index in [0.717, 1.165) is 47.8 Å². The Morgan fingerprint density at radius 1 is 1.08 bits per heavy atom. The maximum Gasteiger partial charge on any atom is 0.246 e. The molecule has 1 aromatic carbocycles. The van der Waals surface area contributed by atoms with Gasteiger partial charge in [-0.3, -0.25) is 4.79 Å². The second-order valence-corrected chi connectivity index (χ2v) is 7.00. The summed E-state index contributed by atoms with van der Waals surface area (Å²) in [6, 6.07) is 14.1. The van der Waals surface area contributed by atoms with Crippen molar-refractivity contribution < 1.29 is 4.79 Å². The molecule has 4 rings (SSSR count). The Balaban J connectivity index is 1.68. The van der Waals surface area contributed by atoms with Gasteiger partial charge in [0.1, 0.15) is 5.69 Å². The number of carbonyl (C=O) groups is 1. The third kappa shape index (κ3) is 3.42. The van der Waals surface area contributed by atoms with Crippen LogP contribution in [0, 0.1) is 0 Å². The second-order valence-electron chi connectivity index (χ2n) is 6.06. The van der Waals surface area contributed by atoms with Crippen LogP contribution in [0.1, 0.15) is 18.4 Å². The monoisotopic (exact) mass is 349 g/mol. The quantitative estimate of drug-likeness (QED) is 0.661. The van der Waals surface area contributed by atoms with Crippen molar-refractivity contribution >= 4 is 23.3 Å². The molecule has 0 N–H and O–H groups in total. The molecule has 1 saturated heterocycles. The van der Waals surface area contributed by atoms with Gasteiger partial charge in [0.05, 0.1) is 10.6 Å². The molecule has 0 unspecified atom stereocenters. The molecular weight excluding hydrogens is 330 g/mol. The Morgan fingerprint density at radius 3 is 2.60 bits per heavy atom. The minimum atomic E-state index is 0.0853. The predicted octanol–water partition coefficient (Wildman–Crippen LogP) is 4.24. The minimum Gasteiger partial charge on any atom is -0.339 e. The summed E-state index contributed by atoms with van der Waals surface area (Å²) in [6.45, 7) is 1.73. The molecule has 126 valence electrons. The number of rotatable bonds is 4. The number of hydrogen-bond acceptors (Lipinski definition) is 3. The molecule has 2 aromatic heterocycles. The zero-order valence-electron chi connectivity index (χ0n) is 13.8. The molecule has 4 nitrogen and oxygen atoms in total. The number of nitrogens with zero attached hydrogens (tertiary/aromatic N) is 3. The fourth-order valence-corrected chi connectivity index (χ4v) is 3.76. The molecule has 0 aliphatic carbocycles. The Morgan fingerprint density at radius 2 is 1.88 bits per heavy atom. The molecule has 0 atom stereocenters. The first kappa shape index (κ1) is 15.8. The molecule has 0 bridgehead atoms. The summed E-state index contributed by atoms with van der Waals surface area (Å²) in [4.78, 5) is 15.3. The van der Waals surface area contributed by atoms with Gasteiger partial charge in [0.15, 0.2) is 0 Å². The van der Waals surface area contributed by atoms with Crippen LogP contribution >= 0.6 is 11.3 Å². The average Bonchev–Trinajstić information content (AvgIpc) is 3.41. The summed E-state index contributed by atoms with van der Waals surface area (Å²) in [6.07, 6.45) is 7.76. The lowest BCUT2D eigenvalue weighted by Crippen LogP contribution is -2.25. The topological polar surface area (TPSA) is 38.1 Å². The minimum absolute atomic E-state index is 0.0853. The number of benzene rings is 1. The zero-order chi connectivity index (χ0) is 17.1. The fourth-order valence-electron chi connectivity index (χ4n) is 3.03. The standard InChI is InChI=1S/C20H19N3OS/c24-19(22-12-4-5-13-22)11-10-16-15-23(17-7-2-1-3-8-17)21-20(16)18-9-6-14-25-18/h1-3,6-11,14-15H,4-5,12-13H2/b11-10+. The van der Waals surface area contributed by atoms with Crippen molar-refractivity contribution in [3.63, 3.8) is 0 Å². The van der Waals surface area contributed by atoms with Crippen molar-refractivity contribution in [2.45, 2.75) is 12.8 Å². The highest BCUT2D eigenvalue weighted by Gasteiger charge is 2.16. The van der Waals surface area contributed by atoms with Gasteiger partial charge in [0.2, 0.25) is 5.91 Å². The zero-order valence-corrected chi connectivity index (χ0v) is 14.7. The van der Waals surface area contributed by atoms with Crippen LogP contribution in [-0.2, 0) is 4.79 Å². The van der Waals surface area contributed by atoms with Gasteiger partial charge in [0.25, 0.3) is 0 Å². The van der Waals surface area contributed by atoms with Crippen LogP contribution in [0.4, 0.5) is 0 Å². The normalized spacial score (nSPS) is 14.5. The largest absolute Gasteiger partial charge is 0.339 e. The highest BCUT2D eigenvalue weighted by Crippen LogP contribution is 2.28. The molecule has 5 heteroatoms. The van der Waals surface area contributed by atoms with Gasteiger partial charge in [0, 0.05) is 30.9 Å². The van der Waals surface area contributed by atoms with Gasteiger partial charge in [-0.05, 0) is 42.5 Å². The predicted molar refractivity (Wildman–Crippen MR) is 102 cm³/mol. The van der Waals surface area contributed by atoms with Crippen LogP contribution in [0.5, 0.6) is 0 Å². The lowest BCUT2D eigenvalue weighted by molar-refractivity contribution is -0.124. The molecule has 1 amide bonds. The van der Waals surface area contributed by atoms with Crippen LogP contribution in [0.25, 0.3) is 22.3 Å². The molecule has 0 spiro atoms. The third-order valence-electron chi connectivity index (χ3n) is 4.34. The van der Waals surface area contributed by atoms with Gasteiger partial charge >= 0.3 is 0 Å². The summed E-state index contributed by atoms with van der Waals surface area (Å²) < 4.78 is 1.87. The number of carbonyl (C=O) groups excluding carboxylic acids is 1. The summed E-state index contributed by atoms with van der Waals surface area (Å²) in [7, 11) is 0. The van der Waals surface area contributed by atoms with Gasteiger partial charge < -0.3 is 4.90 Å². The van der Waals surface area contributed by atoms with E-state index in [-0.39, 0.29) is 5.91 Å². The van der Waals surface area contributed by atoms with Crippen molar-refractivity contribution in [3.8, 4) is 16.3 Å². The van der Waals surface area contributed by atoms with Gasteiger partial charge in [-0.1, -0.05) is 24.3 Å². The summed E-state index contributed by atoms with van der Waals surface area (Å²) in [5.41, 5.74) is 2.87. The number of hydrogen-bond donors (Lipinski definition) is 0. The lowest BCUT2D eigenvalue weighted by Gasteiger charge is -2.11. The molecular formula is C20H19N3OS. The number of thiophene rings is 1. The Kier molecular flexibility index (Phi) is 4.48. The van der Waals surface area contributed by atoms with E-state index in [1.807, 2.05) is 63.6 Å². The van der Waals surface area contributed by atoms with Crippen LogP contribution in [0.3, 0.4) is 0 Å². The maximum absolute atomic E-state index is 12.3. The molecule has 0 radical (unpaired) electrons. The Bertz CT molecular complexity index is 875. The lowest BCUT2D eigenvalue weighted by atomic mass is 10.2. The van der Waals surface area contributed by atoms with E-state index in [2.05, 4.69) is 6.07 Å². The molecule has 1 aliphatic rings. The number of para-hydroxylation sites is 1. The van der Waals surface area contributed by atoms with Gasteiger partial charge in [-0.15, -0.1) is 11.3 Å². The first-order valence-electron chi connectivity index (χ1n) is 8.47. The van der Waals surface area contributed by atoms with Crippen molar-refractivity contribution in [1.29, 1.82) is 0 Å². The van der Waals surface area contributed by atoms with Crippen LogP contribution < -0.4 is 0 Å². The summed E-state index contributed by atoms with van der Waals surface area (Å²) in [5.74, 6) is 0.0853. The molecule has 25 heavy (non-hydrogen) atoms. The number of likely N-dealkylation sites (tertiary alicyclic amines) is 1. The van der Waals surface area contributed by atoms with E-state index < -0.39 is 0 Å². The van der Waals surface area contributed by atoms with Crippen molar-refractivity contribution in [2.24, 2.45) is 0 Å². The Hall–Kier alpha value is -2.66. The molecule has 1 aliphatic heterocycles. The van der Waals surface area contributed by atoms with Gasteiger partial charge in [-0.25, -0.2) is 4.68 Å². The maximum atomic E-state index is 12.3. The average molecular weight is 349 g/mol. The van der Waals surface area contributed by atoms with E-state index in [9.17, 15) is 4.79 Å². The van der Waals surface area contributed by atoms with Crippen LogP contribution in [-0.4, -0.2) is 33.7 Å². The van der Waals surface area contributed by atoms with Crippen LogP contribution in [0.15, 0.2) is 60.1 Å². The van der Waals surface area contributed by atoms with Crippen molar-refractivity contribution in [1.82, 2.24) is 14.7 Å². The van der Waals surface area contributed by atoms with Crippen molar-refractivity contribution in [3.05, 3.63) is 65.7 Å². The first-order chi connectivity index (χ1) is 12.3. The summed E-state index contributed by atoms with van der Waals surface area (Å²) in [5, 5.41) is 6.79. The number of aromatic nitrogens is 2. The van der Waals surface area contributed by atoms with Crippen LogP contribution in [0.2, 0.25) is 0 Å². The third-order valence-corrected chi connectivity index (χ3v) is 5.22. The van der Waals surface area contributed by atoms with E-state index in [1.54, 1.807) is 17.4 Å². The van der Waals surface area contributed by atoms with E-state index in [0.29, 0.717) is 0 Å². The molecule has 3 heterocycles. The second kappa shape index (κ2) is 7.07. The first-order valence-corrected chi connectivity index (χ1v) is 9.35. The molecule has 0 saturated carbocycles. The smallest absolute Gasteiger partial charge is 0.246 e. The van der Waals surface area contributed by atoms with E-state index in [4.69, 9.17) is 5.10 Å².